The van der Waals surface area contributed by atoms with Gasteiger partial charge in [0.1, 0.15) is 10.7 Å². The topological polar surface area (TPSA) is 80.5 Å². The number of thiazole rings is 1. The third-order valence-electron chi connectivity index (χ3n) is 2.94. The number of amides is 1. The summed E-state index contributed by atoms with van der Waals surface area (Å²) in [5, 5.41) is 3.76. The molecule has 1 aliphatic rings. The Bertz CT molecular complexity index is 435. The van der Waals surface area contributed by atoms with Crippen LogP contribution < -0.4 is 11.1 Å². The van der Waals surface area contributed by atoms with Crippen LogP contribution in [0.5, 0.6) is 0 Å². The zero-order valence-corrected chi connectivity index (χ0v) is 11.4. The van der Waals surface area contributed by atoms with E-state index >= 15 is 0 Å². The molecule has 100 valence electrons. The molecule has 1 atom stereocenters. The molecule has 0 bridgehead atoms. The van der Waals surface area contributed by atoms with Gasteiger partial charge in [-0.05, 0) is 13.3 Å². The van der Waals surface area contributed by atoms with Crippen LogP contribution in [0.2, 0.25) is 0 Å². The molecule has 2 rings (SSSR count). The van der Waals surface area contributed by atoms with E-state index in [2.05, 4.69) is 10.3 Å². The van der Waals surface area contributed by atoms with Crippen molar-refractivity contribution in [1.82, 2.24) is 9.88 Å². The summed E-state index contributed by atoms with van der Waals surface area (Å²) in [4.78, 5) is 18.7. The largest absolute Gasteiger partial charge is 0.382 e. The Labute approximate surface area is 110 Å². The van der Waals surface area contributed by atoms with E-state index in [1.165, 1.54) is 11.3 Å². The van der Waals surface area contributed by atoms with E-state index in [4.69, 9.17) is 10.5 Å². The van der Waals surface area contributed by atoms with Crippen molar-refractivity contribution in [2.24, 2.45) is 0 Å². The van der Waals surface area contributed by atoms with Crippen molar-refractivity contribution in [3.8, 4) is 0 Å². The second kappa shape index (κ2) is 5.53. The standard InChI is InChI=1S/C11H18N4O2S/c1-3-13-11-14-9(12)8(18-11)10(16)15-5-4-7(6-15)17-2/h7H,3-6,12H2,1-2H3,(H,13,14). The Balaban J connectivity index is 2.09. The highest BCUT2D eigenvalue weighted by Crippen LogP contribution is 2.27. The molecular weight excluding hydrogens is 252 g/mol. The summed E-state index contributed by atoms with van der Waals surface area (Å²) in [6, 6.07) is 0. The van der Waals surface area contributed by atoms with Crippen LogP contribution in [0.3, 0.4) is 0 Å². The summed E-state index contributed by atoms with van der Waals surface area (Å²) in [6.45, 7) is 4.08. The van der Waals surface area contributed by atoms with Crippen molar-refractivity contribution in [1.29, 1.82) is 0 Å². The maximum absolute atomic E-state index is 12.3. The van der Waals surface area contributed by atoms with Crippen LogP contribution in [-0.4, -0.2) is 48.6 Å². The molecule has 2 heterocycles. The van der Waals surface area contributed by atoms with Crippen LogP contribution in [0.4, 0.5) is 10.9 Å². The van der Waals surface area contributed by atoms with Crippen molar-refractivity contribution in [3.05, 3.63) is 4.88 Å². The molecule has 1 saturated heterocycles. The molecular formula is C11H18N4O2S. The van der Waals surface area contributed by atoms with Gasteiger partial charge in [0.05, 0.1) is 6.10 Å². The van der Waals surface area contributed by atoms with E-state index in [1.54, 1.807) is 12.0 Å². The number of aromatic nitrogens is 1. The van der Waals surface area contributed by atoms with Crippen molar-refractivity contribution in [2.45, 2.75) is 19.4 Å². The summed E-state index contributed by atoms with van der Waals surface area (Å²) in [6.07, 6.45) is 1.01. The lowest BCUT2D eigenvalue weighted by Gasteiger charge is -2.14. The number of nitrogens with zero attached hydrogens (tertiary/aromatic N) is 2. The van der Waals surface area contributed by atoms with Gasteiger partial charge in [0, 0.05) is 26.7 Å². The highest BCUT2D eigenvalue weighted by Gasteiger charge is 2.29. The molecule has 1 aliphatic heterocycles. The molecule has 0 spiro atoms. The Kier molecular flexibility index (Phi) is 4.03. The summed E-state index contributed by atoms with van der Waals surface area (Å²) in [5.41, 5.74) is 5.79. The number of carbonyl (C=O) groups is 1. The minimum atomic E-state index is -0.0475. The lowest BCUT2D eigenvalue weighted by molar-refractivity contribution is 0.0729. The first kappa shape index (κ1) is 13.1. The minimum absolute atomic E-state index is 0.0475. The average molecular weight is 270 g/mol. The molecule has 0 aliphatic carbocycles. The maximum atomic E-state index is 12.3. The van der Waals surface area contributed by atoms with E-state index in [9.17, 15) is 4.79 Å². The van der Waals surface area contributed by atoms with Gasteiger partial charge in [-0.1, -0.05) is 11.3 Å². The maximum Gasteiger partial charge on any atom is 0.267 e. The van der Waals surface area contributed by atoms with Crippen molar-refractivity contribution in [3.63, 3.8) is 0 Å². The summed E-state index contributed by atoms with van der Waals surface area (Å²) in [7, 11) is 1.67. The van der Waals surface area contributed by atoms with E-state index in [0.29, 0.717) is 28.9 Å². The number of rotatable bonds is 4. The number of ether oxygens (including phenoxy) is 1. The van der Waals surface area contributed by atoms with Gasteiger partial charge >= 0.3 is 0 Å². The molecule has 1 amide bonds. The van der Waals surface area contributed by atoms with E-state index < -0.39 is 0 Å². The van der Waals surface area contributed by atoms with Gasteiger partial charge in [-0.25, -0.2) is 4.98 Å². The number of carbonyl (C=O) groups excluding carboxylic acids is 1. The molecule has 3 N–H and O–H groups in total. The van der Waals surface area contributed by atoms with Gasteiger partial charge in [0.2, 0.25) is 0 Å². The van der Waals surface area contributed by atoms with Crippen molar-refractivity contribution < 1.29 is 9.53 Å². The van der Waals surface area contributed by atoms with Crippen LogP contribution in [0.15, 0.2) is 0 Å². The third-order valence-corrected chi connectivity index (χ3v) is 3.96. The normalized spacial score (nSPS) is 19.2. The predicted octanol–water partition coefficient (Wildman–Crippen LogP) is 1.02. The molecule has 18 heavy (non-hydrogen) atoms. The number of likely N-dealkylation sites (tertiary alicyclic amines) is 1. The van der Waals surface area contributed by atoms with Crippen LogP contribution >= 0.6 is 11.3 Å². The number of methoxy groups -OCH3 is 1. The van der Waals surface area contributed by atoms with Crippen LogP contribution in [0, 0.1) is 0 Å². The molecule has 1 unspecified atom stereocenters. The van der Waals surface area contributed by atoms with Gasteiger partial charge in [-0.15, -0.1) is 0 Å². The number of nitrogens with one attached hydrogen (secondary N) is 1. The Morgan fingerprint density at radius 1 is 1.72 bits per heavy atom. The molecule has 6 nitrogen and oxygen atoms in total. The van der Waals surface area contributed by atoms with Crippen LogP contribution in [0.25, 0.3) is 0 Å². The quantitative estimate of drug-likeness (QED) is 0.853. The second-order valence-corrected chi connectivity index (χ2v) is 5.16. The lowest BCUT2D eigenvalue weighted by Crippen LogP contribution is -2.29. The van der Waals surface area contributed by atoms with E-state index in [-0.39, 0.29) is 12.0 Å². The average Bonchev–Trinajstić information content (AvgIpc) is 2.95. The van der Waals surface area contributed by atoms with Gasteiger partial charge in [0.25, 0.3) is 5.91 Å². The number of nitrogen functional groups attached to an aromatic ring is 1. The number of anilines is 2. The highest BCUT2D eigenvalue weighted by molar-refractivity contribution is 7.18. The molecule has 0 radical (unpaired) electrons. The Hall–Kier alpha value is -1.34. The van der Waals surface area contributed by atoms with Crippen LogP contribution in [0.1, 0.15) is 23.0 Å². The van der Waals surface area contributed by atoms with E-state index in [1.807, 2.05) is 6.92 Å². The van der Waals surface area contributed by atoms with Gasteiger partial charge < -0.3 is 20.7 Å². The van der Waals surface area contributed by atoms with E-state index in [0.717, 1.165) is 13.0 Å². The fraction of sp³-hybridized carbons (Fsp3) is 0.636. The molecule has 1 aromatic rings. The Morgan fingerprint density at radius 2 is 2.50 bits per heavy atom. The third kappa shape index (κ3) is 2.56. The molecule has 7 heteroatoms. The van der Waals surface area contributed by atoms with Gasteiger partial charge in [0.15, 0.2) is 5.13 Å². The predicted molar refractivity (Wildman–Crippen MR) is 72.0 cm³/mol. The summed E-state index contributed by atoms with van der Waals surface area (Å²) >= 11 is 1.31. The summed E-state index contributed by atoms with van der Waals surface area (Å²) in [5.74, 6) is 0.260. The number of hydrogen-bond donors (Lipinski definition) is 2. The van der Waals surface area contributed by atoms with Crippen LogP contribution in [-0.2, 0) is 4.74 Å². The molecule has 1 fully saturated rings. The van der Waals surface area contributed by atoms with Gasteiger partial charge in [-0.3, -0.25) is 4.79 Å². The first-order chi connectivity index (χ1) is 8.65. The van der Waals surface area contributed by atoms with Gasteiger partial charge in [-0.2, -0.15) is 0 Å². The smallest absolute Gasteiger partial charge is 0.267 e. The lowest BCUT2D eigenvalue weighted by atomic mass is 10.3. The summed E-state index contributed by atoms with van der Waals surface area (Å²) < 4.78 is 5.25. The molecule has 1 aromatic heterocycles. The fourth-order valence-electron chi connectivity index (χ4n) is 1.96. The zero-order valence-electron chi connectivity index (χ0n) is 10.6. The second-order valence-electron chi connectivity index (χ2n) is 4.16. The number of nitrogens with two attached hydrogens (primary N) is 1. The molecule has 0 saturated carbocycles. The number of hydrogen-bond acceptors (Lipinski definition) is 6. The highest BCUT2D eigenvalue weighted by atomic mass is 32.1. The molecule has 0 aromatic carbocycles. The fourth-order valence-corrected chi connectivity index (χ4v) is 2.88. The first-order valence-electron chi connectivity index (χ1n) is 5.98. The first-order valence-corrected chi connectivity index (χ1v) is 6.79. The Morgan fingerprint density at radius 3 is 3.11 bits per heavy atom. The zero-order chi connectivity index (χ0) is 13.1. The van der Waals surface area contributed by atoms with Crippen molar-refractivity contribution in [2.75, 3.05) is 37.8 Å². The minimum Gasteiger partial charge on any atom is -0.382 e. The van der Waals surface area contributed by atoms with Crippen molar-refractivity contribution >= 4 is 28.2 Å². The monoisotopic (exact) mass is 270 g/mol. The SMILES string of the molecule is CCNc1nc(N)c(C(=O)N2CCC(OC)C2)s1.